The van der Waals surface area contributed by atoms with E-state index in [-0.39, 0.29) is 161 Å². The van der Waals surface area contributed by atoms with Gasteiger partial charge in [0.1, 0.15) is 0 Å². The van der Waals surface area contributed by atoms with Crippen molar-refractivity contribution in [2.24, 2.45) is 0 Å². The van der Waals surface area contributed by atoms with Gasteiger partial charge in [0.25, 0.3) is 0 Å². The molecule has 0 aliphatic rings. The number of rotatable bonds is 0. The van der Waals surface area contributed by atoms with Crippen LogP contribution in [0.5, 0.6) is 0 Å². The average Bonchev–Trinajstić information content (AvgIpc) is 0. The van der Waals surface area contributed by atoms with Crippen LogP contribution in [0.15, 0.2) is 0 Å². The first-order chi connectivity index (χ1) is 0. The van der Waals surface area contributed by atoms with Crippen molar-refractivity contribution in [1.82, 2.24) is 0 Å². The maximum absolute atomic E-state index is 0. The van der Waals surface area contributed by atoms with E-state index in [2.05, 4.69) is 0 Å². The fourth-order valence-electron chi connectivity index (χ4n) is 0. The Kier molecular flexibility index (Phi) is 148. The molecule has 0 unspecified atom stereocenters. The Morgan fingerprint density at radius 2 is 1.00 bits per heavy atom. The summed E-state index contributed by atoms with van der Waals surface area (Å²) < 4.78 is 0. The topological polar surface area (TPSA) is 0 Å². The van der Waals surface area contributed by atoms with Crippen molar-refractivity contribution in [3.8, 4) is 0 Å². The molecule has 0 aromatic carbocycles. The van der Waals surface area contributed by atoms with Gasteiger partial charge in [-0.25, -0.2) is 0 Å². The summed E-state index contributed by atoms with van der Waals surface area (Å²) in [7, 11) is 0. The normalized spacial score (nSPS) is 0. The fraction of sp³-hybridized carbons (Fsp3) is 0. The Morgan fingerprint density at radius 1 is 1.00 bits per heavy atom. The summed E-state index contributed by atoms with van der Waals surface area (Å²) in [6.45, 7) is 0. The van der Waals surface area contributed by atoms with Gasteiger partial charge in [-0.2, -0.15) is 0 Å². The van der Waals surface area contributed by atoms with Crippen LogP contribution in [-0.4, -0.2) is 112 Å². The molecule has 0 aliphatic carbocycles. The standard InChI is InChI=1S/Al.Ca.Eu.Si.Sr.4H. The van der Waals surface area contributed by atoms with Gasteiger partial charge in [-0.1, -0.05) is 0 Å². The van der Waals surface area contributed by atoms with Crippen LogP contribution in [0.4, 0.5) is 0 Å². The van der Waals surface area contributed by atoms with Crippen molar-refractivity contribution in [1.29, 1.82) is 0 Å². The zero-order valence-corrected chi connectivity index (χ0v) is 6.04. The van der Waals surface area contributed by atoms with E-state index in [0.29, 0.717) is 0 Å². The van der Waals surface area contributed by atoms with Crippen molar-refractivity contribution in [3.05, 3.63) is 0 Å². The molecular weight excluding hydrogens is 335 g/mol. The van der Waals surface area contributed by atoms with Gasteiger partial charge in [-0.15, -0.1) is 0 Å². The molecule has 0 N–H and O–H groups in total. The van der Waals surface area contributed by atoms with Crippen LogP contribution in [0.2, 0.25) is 0 Å². The van der Waals surface area contributed by atoms with Crippen molar-refractivity contribution in [3.63, 3.8) is 0 Å². The first-order valence-corrected chi connectivity index (χ1v) is 0. The summed E-state index contributed by atoms with van der Waals surface area (Å²) in [5, 5.41) is 0. The quantitative estimate of drug-likeness (QED) is 0.425. The predicted molar refractivity (Wildman–Crippen MR) is 28.6 cm³/mol. The zero-order valence-electron chi connectivity index (χ0n) is 1.46. The van der Waals surface area contributed by atoms with E-state index >= 15 is 0 Å². The van der Waals surface area contributed by atoms with Crippen molar-refractivity contribution in [2.45, 2.75) is 0 Å². The molecule has 0 amide bonds. The van der Waals surface area contributed by atoms with E-state index in [1.807, 2.05) is 0 Å². The first kappa shape index (κ1) is 32.2. The van der Waals surface area contributed by atoms with Gasteiger partial charge in [-0.3, -0.25) is 0 Å². The summed E-state index contributed by atoms with van der Waals surface area (Å²) in [4.78, 5) is 0. The van der Waals surface area contributed by atoms with Gasteiger partial charge < -0.3 is 0 Å². The second-order valence-corrected chi connectivity index (χ2v) is 0. The molecule has 0 aromatic heterocycles. The van der Waals surface area contributed by atoms with E-state index < -0.39 is 0 Å². The van der Waals surface area contributed by atoms with Crippen LogP contribution >= 0.6 is 0 Å². The molecule has 0 saturated carbocycles. The second kappa shape index (κ2) is 23.0. The summed E-state index contributed by atoms with van der Waals surface area (Å²) in [6, 6.07) is 0. The molecule has 5 heteroatoms. The molecule has 0 bridgehead atoms. The molecular formula is H4AlCaEuSiSr. The average molecular weight is 339 g/mol. The summed E-state index contributed by atoms with van der Waals surface area (Å²) in [6.07, 6.45) is 0. The SMILES string of the molecule is [Al].[CaH2].[Eu].[Si].[SrH2]. The van der Waals surface area contributed by atoms with E-state index in [4.69, 9.17) is 0 Å². The van der Waals surface area contributed by atoms with Gasteiger partial charge in [0.2, 0.25) is 0 Å². The van der Waals surface area contributed by atoms with E-state index in [1.165, 1.54) is 0 Å². The van der Waals surface area contributed by atoms with Crippen LogP contribution < -0.4 is 0 Å². The van der Waals surface area contributed by atoms with Crippen molar-refractivity contribution < 1.29 is 49.4 Å². The van der Waals surface area contributed by atoms with E-state index in [9.17, 15) is 0 Å². The molecule has 5 heavy (non-hydrogen) atoms. The van der Waals surface area contributed by atoms with Crippen LogP contribution in [0.3, 0.4) is 0 Å². The van der Waals surface area contributed by atoms with Gasteiger partial charge in [0.05, 0.1) is 0 Å². The van der Waals surface area contributed by atoms with E-state index in [0.717, 1.165) is 0 Å². The predicted octanol–water partition coefficient (Wildman–Crippen LogP) is -2.59. The molecule has 0 heterocycles. The molecule has 0 rings (SSSR count). The summed E-state index contributed by atoms with van der Waals surface area (Å²) in [5.41, 5.74) is 0. The van der Waals surface area contributed by atoms with E-state index in [1.54, 1.807) is 0 Å². The Bertz CT molecular complexity index is 11.6. The Labute approximate surface area is 156 Å². The molecule has 0 atom stereocenters. The van der Waals surface area contributed by atoms with Crippen LogP contribution in [0.1, 0.15) is 0 Å². The molecule has 0 aliphatic heterocycles. The molecule has 8 radical (unpaired) electrons. The third kappa shape index (κ3) is 17.6. The molecule has 22 valence electrons. The first-order valence-electron chi connectivity index (χ1n) is 0. The van der Waals surface area contributed by atoms with Crippen molar-refractivity contribution >= 4 is 112 Å². The number of hydrogen-bond acceptors (Lipinski definition) is 0. The Balaban J connectivity index is 0. The van der Waals surface area contributed by atoms with Gasteiger partial charge in [-0.05, 0) is 0 Å². The van der Waals surface area contributed by atoms with Gasteiger partial charge in [0.15, 0.2) is 0 Å². The minimum atomic E-state index is 0. The van der Waals surface area contributed by atoms with Gasteiger partial charge >= 0.3 is 83.2 Å². The molecule has 0 nitrogen and oxygen atoms in total. The molecule has 0 fully saturated rings. The van der Waals surface area contributed by atoms with Crippen LogP contribution in [-0.2, 0) is 0 Å². The summed E-state index contributed by atoms with van der Waals surface area (Å²) >= 11 is 0. The minimum absolute atomic E-state index is 0. The third-order valence-electron chi connectivity index (χ3n) is 0. The fourth-order valence-corrected chi connectivity index (χ4v) is 0. The monoisotopic (exact) mass is 340 g/mol. The molecule has 0 spiro atoms. The van der Waals surface area contributed by atoms with Gasteiger partial charge in [0, 0.05) is 77.7 Å². The number of hydrogen-bond donors (Lipinski definition) is 0. The second-order valence-electron chi connectivity index (χ2n) is 0. The maximum atomic E-state index is 0. The van der Waals surface area contributed by atoms with Crippen molar-refractivity contribution in [2.75, 3.05) is 0 Å². The third-order valence-corrected chi connectivity index (χ3v) is 0. The van der Waals surface area contributed by atoms with Crippen LogP contribution in [0, 0.1) is 49.4 Å². The molecule has 0 saturated heterocycles. The Morgan fingerprint density at radius 3 is 1.00 bits per heavy atom. The van der Waals surface area contributed by atoms with Crippen LogP contribution in [0.25, 0.3) is 0 Å². The zero-order chi connectivity index (χ0) is 0. The Hall–Kier alpha value is 5.07. The summed E-state index contributed by atoms with van der Waals surface area (Å²) in [5.74, 6) is 0. The molecule has 0 aromatic rings.